The highest BCUT2D eigenvalue weighted by atomic mass is 14.3. The standard InChI is InChI=1S/C38H28/c1-3-13-27(14-4-1)28-23-25-30(26-24-28)37-33-19-9-11-21-35(33)38(36-22-12-10-20-34(36)37)32-18-8-7-17-31(32)29-15-5-2-6-16-29/h1-9,11-19,21-26H,10,20H2. The highest BCUT2D eigenvalue weighted by Gasteiger charge is 2.22. The second-order valence-electron chi connectivity index (χ2n) is 9.98. The molecule has 0 N–H and O–H groups in total. The molecular formula is C38H28. The Morgan fingerprint density at radius 2 is 0.921 bits per heavy atom. The molecule has 6 aromatic rings. The zero-order valence-corrected chi connectivity index (χ0v) is 21.3. The SMILES string of the molecule is C1=Cc2c(c(-c3ccc(-c4ccccc4)cc3)c3ccccc3c2-c2ccccc2-c2ccccc2)CC1. The number of hydrogen-bond acceptors (Lipinski definition) is 0. The fraction of sp³-hybridized carbons (Fsp3) is 0.0526. The highest BCUT2D eigenvalue weighted by molar-refractivity contribution is 6.11. The third kappa shape index (κ3) is 3.86. The lowest BCUT2D eigenvalue weighted by Gasteiger charge is -2.25. The topological polar surface area (TPSA) is 0 Å². The summed E-state index contributed by atoms with van der Waals surface area (Å²) in [5.74, 6) is 0. The lowest BCUT2D eigenvalue weighted by atomic mass is 9.79. The van der Waals surface area contributed by atoms with Gasteiger partial charge in [-0.2, -0.15) is 0 Å². The molecule has 0 atom stereocenters. The van der Waals surface area contributed by atoms with Crippen molar-refractivity contribution in [2.75, 3.05) is 0 Å². The van der Waals surface area contributed by atoms with Gasteiger partial charge in [-0.25, -0.2) is 0 Å². The lowest BCUT2D eigenvalue weighted by molar-refractivity contribution is 0.991. The van der Waals surface area contributed by atoms with Crippen molar-refractivity contribution in [3.05, 3.63) is 151 Å². The van der Waals surface area contributed by atoms with Crippen LogP contribution in [0, 0.1) is 0 Å². The number of hydrogen-bond donors (Lipinski definition) is 0. The normalized spacial score (nSPS) is 12.4. The highest BCUT2D eigenvalue weighted by Crippen LogP contribution is 2.46. The van der Waals surface area contributed by atoms with Crippen molar-refractivity contribution in [2.24, 2.45) is 0 Å². The van der Waals surface area contributed by atoms with Gasteiger partial charge in [0.2, 0.25) is 0 Å². The molecule has 0 heteroatoms. The summed E-state index contributed by atoms with van der Waals surface area (Å²) in [6.07, 6.45) is 6.82. The van der Waals surface area contributed by atoms with E-state index >= 15 is 0 Å². The van der Waals surface area contributed by atoms with Gasteiger partial charge in [0.25, 0.3) is 0 Å². The van der Waals surface area contributed by atoms with Crippen LogP contribution in [-0.4, -0.2) is 0 Å². The maximum atomic E-state index is 2.37. The van der Waals surface area contributed by atoms with Crippen LogP contribution in [0.25, 0.3) is 61.4 Å². The van der Waals surface area contributed by atoms with Gasteiger partial charge in [-0.3, -0.25) is 0 Å². The predicted octanol–water partition coefficient (Wildman–Crippen LogP) is 10.5. The maximum absolute atomic E-state index is 2.37. The van der Waals surface area contributed by atoms with Gasteiger partial charge >= 0.3 is 0 Å². The monoisotopic (exact) mass is 484 g/mol. The fourth-order valence-electron chi connectivity index (χ4n) is 6.04. The molecule has 0 radical (unpaired) electrons. The molecule has 180 valence electrons. The Labute approximate surface area is 224 Å². The first-order chi connectivity index (χ1) is 18.9. The summed E-state index contributed by atoms with van der Waals surface area (Å²) in [5, 5.41) is 2.63. The first-order valence-corrected chi connectivity index (χ1v) is 13.4. The smallest absolute Gasteiger partial charge is 0.00235 e. The molecule has 6 aromatic carbocycles. The minimum absolute atomic E-state index is 1.05. The molecule has 0 nitrogen and oxygen atoms in total. The minimum Gasteiger partial charge on any atom is -0.0836 e. The van der Waals surface area contributed by atoms with Crippen molar-refractivity contribution in [1.82, 2.24) is 0 Å². The summed E-state index contributed by atoms with van der Waals surface area (Å²) in [7, 11) is 0. The van der Waals surface area contributed by atoms with Crippen LogP contribution >= 0.6 is 0 Å². The Kier molecular flexibility index (Phi) is 5.72. The maximum Gasteiger partial charge on any atom is -0.00235 e. The summed E-state index contributed by atoms with van der Waals surface area (Å²) >= 11 is 0. The van der Waals surface area contributed by atoms with Crippen molar-refractivity contribution < 1.29 is 0 Å². The van der Waals surface area contributed by atoms with Gasteiger partial charge in [0.15, 0.2) is 0 Å². The van der Waals surface area contributed by atoms with Crippen LogP contribution in [0.15, 0.2) is 140 Å². The summed E-state index contributed by atoms with van der Waals surface area (Å²) in [5.41, 5.74) is 13.1. The van der Waals surface area contributed by atoms with E-state index in [1.54, 1.807) is 0 Å². The Balaban J connectivity index is 1.49. The molecule has 0 unspecified atom stereocenters. The average molecular weight is 485 g/mol. The van der Waals surface area contributed by atoms with Crippen LogP contribution in [0.4, 0.5) is 0 Å². The number of benzene rings is 6. The van der Waals surface area contributed by atoms with Crippen LogP contribution in [0.1, 0.15) is 17.5 Å². The van der Waals surface area contributed by atoms with E-state index in [2.05, 4.69) is 146 Å². The van der Waals surface area contributed by atoms with E-state index in [4.69, 9.17) is 0 Å². The summed E-state index contributed by atoms with van der Waals surface area (Å²) in [6, 6.07) is 48.4. The minimum atomic E-state index is 1.05. The zero-order valence-electron chi connectivity index (χ0n) is 21.3. The lowest BCUT2D eigenvalue weighted by Crippen LogP contribution is -2.03. The molecule has 0 bridgehead atoms. The van der Waals surface area contributed by atoms with E-state index in [9.17, 15) is 0 Å². The summed E-state index contributed by atoms with van der Waals surface area (Å²) in [6.45, 7) is 0. The molecule has 0 aliphatic heterocycles. The molecule has 1 aliphatic rings. The Hall–Kier alpha value is -4.68. The number of fused-ring (bicyclic) bond motifs is 2. The van der Waals surface area contributed by atoms with Crippen LogP contribution in [0.3, 0.4) is 0 Å². The van der Waals surface area contributed by atoms with E-state index in [0.29, 0.717) is 0 Å². The quantitative estimate of drug-likeness (QED) is 0.233. The van der Waals surface area contributed by atoms with Crippen LogP contribution in [-0.2, 0) is 6.42 Å². The molecule has 7 rings (SSSR count). The van der Waals surface area contributed by atoms with Gasteiger partial charge in [0.05, 0.1) is 0 Å². The Bertz CT molecular complexity index is 1770. The van der Waals surface area contributed by atoms with Gasteiger partial charge in [-0.15, -0.1) is 0 Å². The second-order valence-corrected chi connectivity index (χ2v) is 9.98. The van der Waals surface area contributed by atoms with Crippen molar-refractivity contribution in [1.29, 1.82) is 0 Å². The number of allylic oxidation sites excluding steroid dienone is 1. The summed E-state index contributed by atoms with van der Waals surface area (Å²) in [4.78, 5) is 0. The first-order valence-electron chi connectivity index (χ1n) is 13.4. The second kappa shape index (κ2) is 9.65. The van der Waals surface area contributed by atoms with Gasteiger partial charge in [0, 0.05) is 0 Å². The first kappa shape index (κ1) is 22.5. The fourth-order valence-corrected chi connectivity index (χ4v) is 6.04. The molecule has 0 saturated carbocycles. The molecule has 0 fully saturated rings. The molecule has 38 heavy (non-hydrogen) atoms. The van der Waals surface area contributed by atoms with Crippen molar-refractivity contribution in [3.8, 4) is 44.5 Å². The van der Waals surface area contributed by atoms with Gasteiger partial charge in [0.1, 0.15) is 0 Å². The van der Waals surface area contributed by atoms with Crippen molar-refractivity contribution in [3.63, 3.8) is 0 Å². The largest absolute Gasteiger partial charge is 0.0836 e. The third-order valence-corrected chi connectivity index (χ3v) is 7.77. The van der Waals surface area contributed by atoms with Gasteiger partial charge in [-0.1, -0.05) is 146 Å². The third-order valence-electron chi connectivity index (χ3n) is 7.77. The van der Waals surface area contributed by atoms with Gasteiger partial charge < -0.3 is 0 Å². The van der Waals surface area contributed by atoms with Crippen LogP contribution in [0.2, 0.25) is 0 Å². The predicted molar refractivity (Wildman–Crippen MR) is 163 cm³/mol. The van der Waals surface area contributed by atoms with Crippen LogP contribution < -0.4 is 0 Å². The molecule has 0 spiro atoms. The van der Waals surface area contributed by atoms with E-state index < -0.39 is 0 Å². The molecule has 0 amide bonds. The van der Waals surface area contributed by atoms with Crippen molar-refractivity contribution in [2.45, 2.75) is 12.8 Å². The Morgan fingerprint density at radius 3 is 1.63 bits per heavy atom. The average Bonchev–Trinajstić information content (AvgIpc) is 3.01. The van der Waals surface area contributed by atoms with E-state index in [0.717, 1.165) is 12.8 Å². The number of rotatable bonds is 4. The molecule has 0 heterocycles. The molecule has 0 saturated heterocycles. The van der Waals surface area contributed by atoms with E-state index in [1.165, 1.54) is 66.4 Å². The molecule has 1 aliphatic carbocycles. The van der Waals surface area contributed by atoms with E-state index in [1.807, 2.05) is 0 Å². The van der Waals surface area contributed by atoms with Crippen LogP contribution in [0.5, 0.6) is 0 Å². The van der Waals surface area contributed by atoms with Crippen molar-refractivity contribution >= 4 is 16.8 Å². The molecular weight excluding hydrogens is 456 g/mol. The Morgan fingerprint density at radius 1 is 0.395 bits per heavy atom. The van der Waals surface area contributed by atoms with Gasteiger partial charge in [-0.05, 0) is 79.2 Å². The molecule has 0 aromatic heterocycles. The summed E-state index contributed by atoms with van der Waals surface area (Å²) < 4.78 is 0. The zero-order chi connectivity index (χ0) is 25.3. The van der Waals surface area contributed by atoms with E-state index in [-0.39, 0.29) is 0 Å².